The molecular formula is C16H23N3O2. The molecule has 1 aromatic rings. The second-order valence-electron chi connectivity index (χ2n) is 6.03. The average molecular weight is 289 g/mol. The summed E-state index contributed by atoms with van der Waals surface area (Å²) in [5.74, 6) is 1.19. The van der Waals surface area contributed by atoms with E-state index in [0.29, 0.717) is 12.3 Å². The molecule has 5 heteroatoms. The first-order valence-corrected chi connectivity index (χ1v) is 7.74. The number of piperazine rings is 1. The number of amides is 1. The molecule has 2 N–H and O–H groups in total. The predicted octanol–water partition coefficient (Wildman–Crippen LogP) is 1.04. The molecule has 1 heterocycles. The van der Waals surface area contributed by atoms with Crippen molar-refractivity contribution in [2.24, 2.45) is 5.92 Å². The van der Waals surface area contributed by atoms with E-state index in [9.17, 15) is 9.90 Å². The number of phenolic OH excluding ortho intramolecular Hbond substituents is 1. The van der Waals surface area contributed by atoms with E-state index >= 15 is 0 Å². The van der Waals surface area contributed by atoms with Crippen LogP contribution in [0.15, 0.2) is 24.3 Å². The largest absolute Gasteiger partial charge is 0.508 e. The summed E-state index contributed by atoms with van der Waals surface area (Å²) in [4.78, 5) is 16.3. The Hall–Kier alpha value is -1.75. The molecule has 1 amide bonds. The molecule has 1 saturated heterocycles. The predicted molar refractivity (Wildman–Crippen MR) is 82.5 cm³/mol. The Bertz CT molecular complexity index is 477. The number of rotatable bonds is 5. The van der Waals surface area contributed by atoms with E-state index in [0.717, 1.165) is 44.3 Å². The topological polar surface area (TPSA) is 55.8 Å². The Kier molecular flexibility index (Phi) is 4.29. The first kappa shape index (κ1) is 14.2. The van der Waals surface area contributed by atoms with Crippen molar-refractivity contribution in [1.82, 2.24) is 10.2 Å². The van der Waals surface area contributed by atoms with Crippen molar-refractivity contribution in [3.8, 4) is 5.75 Å². The zero-order valence-corrected chi connectivity index (χ0v) is 12.3. The normalized spacial score (nSPS) is 19.5. The molecule has 5 nitrogen and oxygen atoms in total. The van der Waals surface area contributed by atoms with Crippen LogP contribution >= 0.6 is 0 Å². The van der Waals surface area contributed by atoms with Gasteiger partial charge in [-0.05, 0) is 43.0 Å². The maximum absolute atomic E-state index is 11.8. The quantitative estimate of drug-likeness (QED) is 0.850. The van der Waals surface area contributed by atoms with Crippen LogP contribution < -0.4 is 10.2 Å². The molecule has 0 radical (unpaired) electrons. The number of benzene rings is 1. The van der Waals surface area contributed by atoms with E-state index in [2.05, 4.69) is 15.1 Å². The van der Waals surface area contributed by atoms with E-state index in [1.165, 1.54) is 12.8 Å². The Labute approximate surface area is 125 Å². The van der Waals surface area contributed by atoms with E-state index < -0.39 is 0 Å². The minimum atomic E-state index is 0.153. The van der Waals surface area contributed by atoms with Crippen LogP contribution in [0.1, 0.15) is 12.8 Å². The summed E-state index contributed by atoms with van der Waals surface area (Å²) in [6.45, 7) is 5.00. The van der Waals surface area contributed by atoms with Gasteiger partial charge in [0.25, 0.3) is 0 Å². The second kappa shape index (κ2) is 6.35. The van der Waals surface area contributed by atoms with Crippen molar-refractivity contribution in [1.29, 1.82) is 0 Å². The van der Waals surface area contributed by atoms with Crippen molar-refractivity contribution < 1.29 is 9.90 Å². The first-order chi connectivity index (χ1) is 10.2. The summed E-state index contributed by atoms with van der Waals surface area (Å²) in [5.41, 5.74) is 1.13. The lowest BCUT2D eigenvalue weighted by Gasteiger charge is -2.35. The Morgan fingerprint density at radius 3 is 2.43 bits per heavy atom. The fraction of sp³-hybridized carbons (Fsp3) is 0.562. The molecule has 0 bridgehead atoms. The van der Waals surface area contributed by atoms with Crippen molar-refractivity contribution in [3.05, 3.63) is 24.3 Å². The summed E-state index contributed by atoms with van der Waals surface area (Å²) in [6, 6.07) is 7.31. The van der Waals surface area contributed by atoms with Gasteiger partial charge in [0.1, 0.15) is 5.75 Å². The van der Waals surface area contributed by atoms with Crippen LogP contribution in [-0.4, -0.2) is 55.2 Å². The first-order valence-electron chi connectivity index (χ1n) is 7.74. The van der Waals surface area contributed by atoms with Gasteiger partial charge in [-0.15, -0.1) is 0 Å². The lowest BCUT2D eigenvalue weighted by molar-refractivity contribution is -0.122. The second-order valence-corrected chi connectivity index (χ2v) is 6.03. The minimum Gasteiger partial charge on any atom is -0.508 e. The maximum Gasteiger partial charge on any atom is 0.234 e. The Morgan fingerprint density at radius 2 is 1.81 bits per heavy atom. The highest BCUT2D eigenvalue weighted by atomic mass is 16.3. The Morgan fingerprint density at radius 1 is 1.14 bits per heavy atom. The van der Waals surface area contributed by atoms with Crippen LogP contribution in [0.25, 0.3) is 0 Å². The van der Waals surface area contributed by atoms with Crippen molar-refractivity contribution in [2.45, 2.75) is 12.8 Å². The molecule has 3 rings (SSSR count). The van der Waals surface area contributed by atoms with Gasteiger partial charge < -0.3 is 15.3 Å². The van der Waals surface area contributed by atoms with Gasteiger partial charge in [-0.3, -0.25) is 9.69 Å². The number of nitrogens with one attached hydrogen (secondary N) is 1. The van der Waals surface area contributed by atoms with Gasteiger partial charge in [0.05, 0.1) is 6.54 Å². The van der Waals surface area contributed by atoms with Gasteiger partial charge in [-0.1, -0.05) is 0 Å². The minimum absolute atomic E-state index is 0.153. The molecule has 0 spiro atoms. The van der Waals surface area contributed by atoms with E-state index in [1.54, 1.807) is 12.1 Å². The lowest BCUT2D eigenvalue weighted by atomic mass is 10.2. The molecule has 0 unspecified atom stereocenters. The standard InChI is InChI=1S/C16H23N3O2/c20-15-5-3-14(4-6-15)19-9-7-18(8-10-19)12-16(21)17-11-13-1-2-13/h3-6,13,20H,1-2,7-12H2,(H,17,21). The van der Waals surface area contributed by atoms with Crippen LogP contribution in [0.5, 0.6) is 5.75 Å². The highest BCUT2D eigenvalue weighted by Crippen LogP contribution is 2.27. The molecule has 1 aliphatic carbocycles. The van der Waals surface area contributed by atoms with Gasteiger partial charge in [0, 0.05) is 38.4 Å². The number of carbonyl (C=O) groups excluding carboxylic acids is 1. The van der Waals surface area contributed by atoms with E-state index in [1.807, 2.05) is 12.1 Å². The van der Waals surface area contributed by atoms with Crippen LogP contribution in [0.3, 0.4) is 0 Å². The summed E-state index contributed by atoms with van der Waals surface area (Å²) in [5, 5.41) is 12.3. The van der Waals surface area contributed by atoms with Crippen LogP contribution in [0, 0.1) is 5.92 Å². The molecule has 1 aliphatic heterocycles. The third kappa shape index (κ3) is 4.11. The molecule has 1 saturated carbocycles. The third-order valence-corrected chi connectivity index (χ3v) is 4.24. The smallest absolute Gasteiger partial charge is 0.234 e. The van der Waals surface area contributed by atoms with E-state index in [-0.39, 0.29) is 5.91 Å². The average Bonchev–Trinajstić information content (AvgIpc) is 3.31. The van der Waals surface area contributed by atoms with Crippen molar-refractivity contribution in [3.63, 3.8) is 0 Å². The summed E-state index contributed by atoms with van der Waals surface area (Å²) in [6.07, 6.45) is 2.54. The van der Waals surface area contributed by atoms with Crippen LogP contribution in [0.2, 0.25) is 0 Å². The van der Waals surface area contributed by atoms with Crippen LogP contribution in [0.4, 0.5) is 5.69 Å². The Balaban J connectivity index is 1.41. The number of nitrogens with zero attached hydrogens (tertiary/aromatic N) is 2. The maximum atomic E-state index is 11.8. The van der Waals surface area contributed by atoms with Gasteiger partial charge >= 0.3 is 0 Å². The van der Waals surface area contributed by atoms with E-state index in [4.69, 9.17) is 0 Å². The SMILES string of the molecule is O=C(CN1CCN(c2ccc(O)cc2)CC1)NCC1CC1. The van der Waals surface area contributed by atoms with Crippen molar-refractivity contribution >= 4 is 11.6 Å². The molecule has 1 aromatic carbocycles. The molecule has 2 aliphatic rings. The fourth-order valence-corrected chi connectivity index (χ4v) is 2.67. The molecule has 0 aromatic heterocycles. The zero-order valence-electron chi connectivity index (χ0n) is 12.3. The zero-order chi connectivity index (χ0) is 14.7. The third-order valence-electron chi connectivity index (χ3n) is 4.24. The van der Waals surface area contributed by atoms with Gasteiger partial charge in [-0.25, -0.2) is 0 Å². The highest BCUT2D eigenvalue weighted by Gasteiger charge is 2.23. The van der Waals surface area contributed by atoms with Gasteiger partial charge in [0.15, 0.2) is 0 Å². The monoisotopic (exact) mass is 289 g/mol. The highest BCUT2D eigenvalue weighted by molar-refractivity contribution is 5.78. The summed E-state index contributed by atoms with van der Waals surface area (Å²) in [7, 11) is 0. The molecule has 21 heavy (non-hydrogen) atoms. The van der Waals surface area contributed by atoms with Crippen molar-refractivity contribution in [2.75, 3.05) is 44.2 Å². The molecule has 114 valence electrons. The number of aromatic hydroxyl groups is 1. The number of anilines is 1. The summed E-state index contributed by atoms with van der Waals surface area (Å²) >= 11 is 0. The summed E-state index contributed by atoms with van der Waals surface area (Å²) < 4.78 is 0. The van der Waals surface area contributed by atoms with Gasteiger partial charge in [0.2, 0.25) is 5.91 Å². The number of hydrogen-bond acceptors (Lipinski definition) is 4. The molecular weight excluding hydrogens is 266 g/mol. The number of phenols is 1. The van der Waals surface area contributed by atoms with Gasteiger partial charge in [-0.2, -0.15) is 0 Å². The molecule has 0 atom stereocenters. The fourth-order valence-electron chi connectivity index (χ4n) is 2.67. The number of carbonyl (C=O) groups is 1. The lowest BCUT2D eigenvalue weighted by Crippen LogP contribution is -2.49. The number of hydrogen-bond donors (Lipinski definition) is 2. The van der Waals surface area contributed by atoms with Crippen LogP contribution in [-0.2, 0) is 4.79 Å². The molecule has 2 fully saturated rings.